The molecule has 5 nitrogen and oxygen atoms in total. The molecule has 0 radical (unpaired) electrons. The number of alkyl carbamates (subject to hydrolysis) is 1. The summed E-state index contributed by atoms with van der Waals surface area (Å²) in [5.41, 5.74) is -0.373. The van der Waals surface area contributed by atoms with Crippen LogP contribution in [0.3, 0.4) is 0 Å². The zero-order valence-electron chi connectivity index (χ0n) is 10.1. The highest BCUT2D eigenvalue weighted by Crippen LogP contribution is 1.97. The SMILES string of the molecule is CCCCNC(=O)OCC(C)(NC)NC. The van der Waals surface area contributed by atoms with Crippen molar-refractivity contribution in [1.82, 2.24) is 16.0 Å². The lowest BCUT2D eigenvalue weighted by Crippen LogP contribution is -2.55. The molecule has 0 aromatic carbocycles. The number of ether oxygens (including phenoxy) is 1. The Hall–Kier alpha value is -0.810. The van der Waals surface area contributed by atoms with E-state index in [2.05, 4.69) is 22.9 Å². The van der Waals surface area contributed by atoms with E-state index in [1.807, 2.05) is 21.0 Å². The van der Waals surface area contributed by atoms with Crippen molar-refractivity contribution in [1.29, 1.82) is 0 Å². The van der Waals surface area contributed by atoms with Crippen molar-refractivity contribution in [2.24, 2.45) is 0 Å². The zero-order chi connectivity index (χ0) is 11.7. The van der Waals surface area contributed by atoms with Crippen LogP contribution in [0.25, 0.3) is 0 Å². The van der Waals surface area contributed by atoms with Crippen LogP contribution in [0.1, 0.15) is 26.7 Å². The van der Waals surface area contributed by atoms with Gasteiger partial charge in [-0.1, -0.05) is 13.3 Å². The topological polar surface area (TPSA) is 62.4 Å². The lowest BCUT2D eigenvalue weighted by atomic mass is 10.2. The molecule has 3 N–H and O–H groups in total. The van der Waals surface area contributed by atoms with Crippen LogP contribution in [0.5, 0.6) is 0 Å². The molecule has 0 spiro atoms. The Bertz CT molecular complexity index is 182. The van der Waals surface area contributed by atoms with Gasteiger partial charge in [0.15, 0.2) is 0 Å². The predicted molar refractivity (Wildman–Crippen MR) is 60.8 cm³/mol. The minimum absolute atomic E-state index is 0.290. The first kappa shape index (κ1) is 14.2. The number of carbonyl (C=O) groups excluding carboxylic acids is 1. The molecule has 0 fully saturated rings. The van der Waals surface area contributed by atoms with Gasteiger partial charge >= 0.3 is 6.09 Å². The molecule has 0 rings (SSSR count). The highest BCUT2D eigenvalue weighted by Gasteiger charge is 2.21. The smallest absolute Gasteiger partial charge is 0.407 e. The van der Waals surface area contributed by atoms with Crippen LogP contribution in [0.4, 0.5) is 4.79 Å². The van der Waals surface area contributed by atoms with Crippen molar-refractivity contribution in [3.63, 3.8) is 0 Å². The second-order valence-corrected chi connectivity index (χ2v) is 3.69. The van der Waals surface area contributed by atoms with E-state index >= 15 is 0 Å². The van der Waals surface area contributed by atoms with Crippen LogP contribution in [0.15, 0.2) is 0 Å². The van der Waals surface area contributed by atoms with Crippen molar-refractivity contribution in [3.8, 4) is 0 Å². The normalized spacial score (nSPS) is 11.2. The van der Waals surface area contributed by atoms with Crippen molar-refractivity contribution >= 4 is 6.09 Å². The minimum Gasteiger partial charge on any atom is -0.446 e. The quantitative estimate of drug-likeness (QED) is 0.433. The summed E-state index contributed by atoms with van der Waals surface area (Å²) in [6.07, 6.45) is 1.68. The van der Waals surface area contributed by atoms with Crippen LogP contribution in [0, 0.1) is 0 Å². The Morgan fingerprint density at radius 1 is 1.33 bits per heavy atom. The fraction of sp³-hybridized carbons (Fsp3) is 0.900. The largest absolute Gasteiger partial charge is 0.446 e. The van der Waals surface area contributed by atoms with Gasteiger partial charge in [-0.25, -0.2) is 4.79 Å². The van der Waals surface area contributed by atoms with E-state index in [4.69, 9.17) is 4.74 Å². The second-order valence-electron chi connectivity index (χ2n) is 3.69. The standard InChI is InChI=1S/C10H23N3O2/c1-5-6-7-13-9(14)15-8-10(2,11-3)12-4/h11-12H,5-8H2,1-4H3,(H,13,14). The Morgan fingerprint density at radius 3 is 2.40 bits per heavy atom. The van der Waals surface area contributed by atoms with Gasteiger partial charge in [0.1, 0.15) is 12.3 Å². The molecule has 5 heteroatoms. The molecule has 0 aliphatic carbocycles. The molecule has 90 valence electrons. The maximum absolute atomic E-state index is 11.2. The second kappa shape index (κ2) is 7.48. The fourth-order valence-electron chi connectivity index (χ4n) is 0.897. The summed E-state index contributed by atoms with van der Waals surface area (Å²) in [5, 5.41) is 8.76. The number of hydrogen-bond donors (Lipinski definition) is 3. The van der Waals surface area contributed by atoms with Crippen LogP contribution < -0.4 is 16.0 Å². The Balaban J connectivity index is 3.69. The van der Waals surface area contributed by atoms with Crippen molar-refractivity contribution in [2.45, 2.75) is 32.4 Å². The third-order valence-corrected chi connectivity index (χ3v) is 2.40. The van der Waals surface area contributed by atoms with E-state index in [0.29, 0.717) is 6.54 Å². The minimum atomic E-state index is -0.373. The van der Waals surface area contributed by atoms with Crippen LogP contribution in [-0.4, -0.2) is 39.0 Å². The van der Waals surface area contributed by atoms with Crippen LogP contribution >= 0.6 is 0 Å². The molecule has 0 aliphatic heterocycles. The summed E-state index contributed by atoms with van der Waals surface area (Å²) in [7, 11) is 3.63. The van der Waals surface area contributed by atoms with Gasteiger partial charge in [-0.2, -0.15) is 0 Å². The Kier molecular flexibility index (Phi) is 7.07. The van der Waals surface area contributed by atoms with Crippen LogP contribution in [-0.2, 0) is 4.74 Å². The maximum Gasteiger partial charge on any atom is 0.407 e. The van der Waals surface area contributed by atoms with Crippen molar-refractivity contribution < 1.29 is 9.53 Å². The van der Waals surface area contributed by atoms with E-state index in [-0.39, 0.29) is 18.4 Å². The van der Waals surface area contributed by atoms with Gasteiger partial charge in [0, 0.05) is 6.54 Å². The van der Waals surface area contributed by atoms with Gasteiger partial charge in [0.05, 0.1) is 0 Å². The van der Waals surface area contributed by atoms with Gasteiger partial charge in [-0.3, -0.25) is 10.6 Å². The molecule has 0 unspecified atom stereocenters. The molecule has 0 aliphatic rings. The Labute approximate surface area is 91.9 Å². The molecule has 0 aromatic rings. The number of unbranched alkanes of at least 4 members (excludes halogenated alkanes) is 1. The third-order valence-electron chi connectivity index (χ3n) is 2.40. The number of carbonyl (C=O) groups is 1. The number of amides is 1. The molecule has 1 amide bonds. The molecule has 0 saturated heterocycles. The summed E-state index contributed by atoms with van der Waals surface area (Å²) in [6.45, 7) is 4.96. The monoisotopic (exact) mass is 217 g/mol. The molecular formula is C10H23N3O2. The first-order chi connectivity index (χ1) is 7.08. The van der Waals surface area contributed by atoms with E-state index in [1.165, 1.54) is 0 Å². The highest BCUT2D eigenvalue weighted by atomic mass is 16.5. The lowest BCUT2D eigenvalue weighted by molar-refractivity contribution is 0.101. The molecule has 0 heterocycles. The fourth-order valence-corrected chi connectivity index (χ4v) is 0.897. The zero-order valence-corrected chi connectivity index (χ0v) is 10.1. The van der Waals surface area contributed by atoms with Gasteiger partial charge in [-0.15, -0.1) is 0 Å². The van der Waals surface area contributed by atoms with Crippen LogP contribution in [0.2, 0.25) is 0 Å². The van der Waals surface area contributed by atoms with Gasteiger partial charge < -0.3 is 10.1 Å². The summed E-state index contributed by atoms with van der Waals surface area (Å²) in [6, 6.07) is 0. The molecule has 0 atom stereocenters. The van der Waals surface area contributed by atoms with E-state index in [0.717, 1.165) is 12.8 Å². The van der Waals surface area contributed by atoms with Gasteiger partial charge in [0.2, 0.25) is 0 Å². The van der Waals surface area contributed by atoms with E-state index in [1.54, 1.807) is 0 Å². The third kappa shape index (κ3) is 6.30. The number of nitrogens with one attached hydrogen (secondary N) is 3. The summed E-state index contributed by atoms with van der Waals surface area (Å²) in [4.78, 5) is 11.2. The van der Waals surface area contributed by atoms with E-state index < -0.39 is 0 Å². The highest BCUT2D eigenvalue weighted by molar-refractivity contribution is 5.67. The van der Waals surface area contributed by atoms with Gasteiger partial charge in [0.25, 0.3) is 0 Å². The number of rotatable bonds is 7. The molecular weight excluding hydrogens is 194 g/mol. The average molecular weight is 217 g/mol. The summed E-state index contributed by atoms with van der Waals surface area (Å²) in [5.74, 6) is 0. The lowest BCUT2D eigenvalue weighted by Gasteiger charge is -2.27. The Morgan fingerprint density at radius 2 is 1.93 bits per heavy atom. The van der Waals surface area contributed by atoms with Crippen molar-refractivity contribution in [2.75, 3.05) is 27.2 Å². The first-order valence-corrected chi connectivity index (χ1v) is 5.36. The number of hydrogen-bond acceptors (Lipinski definition) is 4. The summed E-state index contributed by atoms with van der Waals surface area (Å²) < 4.78 is 5.06. The molecule has 0 bridgehead atoms. The number of likely N-dealkylation sites (N-methyl/N-ethyl adjacent to an activating group) is 2. The summed E-state index contributed by atoms with van der Waals surface area (Å²) >= 11 is 0. The van der Waals surface area contributed by atoms with Gasteiger partial charge in [-0.05, 0) is 27.4 Å². The maximum atomic E-state index is 11.2. The van der Waals surface area contributed by atoms with Crippen molar-refractivity contribution in [3.05, 3.63) is 0 Å². The molecule has 15 heavy (non-hydrogen) atoms. The predicted octanol–water partition coefficient (Wildman–Crippen LogP) is 0.668. The van der Waals surface area contributed by atoms with E-state index in [9.17, 15) is 4.79 Å². The molecule has 0 saturated carbocycles. The first-order valence-electron chi connectivity index (χ1n) is 5.36. The average Bonchev–Trinajstić information content (AvgIpc) is 2.26. The molecule has 0 aromatic heterocycles.